The zero-order valence-electron chi connectivity index (χ0n) is 19.2. The molecule has 3 amide bonds. The Labute approximate surface area is 191 Å². The maximum atomic E-state index is 12.4. The Bertz CT molecular complexity index is 711. The van der Waals surface area contributed by atoms with Gasteiger partial charge in [0, 0.05) is 42.9 Å². The number of amides is 3. The molecule has 0 aliphatic carbocycles. The van der Waals surface area contributed by atoms with Crippen LogP contribution in [0.1, 0.15) is 39.2 Å². The van der Waals surface area contributed by atoms with Gasteiger partial charge in [-0.05, 0) is 55.5 Å². The molecule has 1 aromatic rings. The highest BCUT2D eigenvalue weighted by Gasteiger charge is 2.26. The average molecular weight is 447 g/mol. The summed E-state index contributed by atoms with van der Waals surface area (Å²) in [6.07, 6.45) is 2.89. The number of carbonyl (C=O) groups excluding carboxylic acids is 2. The Balaban J connectivity index is 1.44. The molecule has 31 heavy (non-hydrogen) atoms. The van der Waals surface area contributed by atoms with Gasteiger partial charge in [0.05, 0.1) is 6.42 Å². The van der Waals surface area contributed by atoms with Crippen LogP contribution in [0.15, 0.2) is 24.3 Å². The lowest BCUT2D eigenvalue weighted by atomic mass is 9.94. The number of likely N-dealkylation sites (tertiary alicyclic amines) is 1. The second-order valence-corrected chi connectivity index (χ2v) is 10.5. The molecular weight excluding hydrogens is 408 g/mol. The zero-order valence-corrected chi connectivity index (χ0v) is 20.0. The highest BCUT2D eigenvalue weighted by molar-refractivity contribution is 7.99. The van der Waals surface area contributed by atoms with Gasteiger partial charge in [0.25, 0.3) is 0 Å². The van der Waals surface area contributed by atoms with Crippen LogP contribution in [-0.2, 0) is 11.2 Å². The van der Waals surface area contributed by atoms with Gasteiger partial charge in [0.1, 0.15) is 0 Å². The molecule has 172 valence electrons. The number of nitrogens with one attached hydrogen (secondary N) is 2. The molecule has 2 saturated heterocycles. The predicted octanol–water partition coefficient (Wildman–Crippen LogP) is 3.68. The molecule has 2 N–H and O–H groups in total. The van der Waals surface area contributed by atoms with Crippen molar-refractivity contribution in [3.8, 4) is 0 Å². The third-order valence-corrected chi connectivity index (χ3v) is 7.40. The lowest BCUT2D eigenvalue weighted by molar-refractivity contribution is -0.130. The van der Waals surface area contributed by atoms with E-state index in [2.05, 4.69) is 36.3 Å². The van der Waals surface area contributed by atoms with Crippen LogP contribution in [0.25, 0.3) is 0 Å². The summed E-state index contributed by atoms with van der Waals surface area (Å²) in [6, 6.07) is 7.79. The van der Waals surface area contributed by atoms with E-state index >= 15 is 0 Å². The predicted molar refractivity (Wildman–Crippen MR) is 130 cm³/mol. The van der Waals surface area contributed by atoms with Crippen LogP contribution in [0.5, 0.6) is 0 Å². The number of benzene rings is 1. The summed E-state index contributed by atoms with van der Waals surface area (Å²) in [5.74, 6) is 3.53. The van der Waals surface area contributed by atoms with Crippen molar-refractivity contribution in [2.75, 3.05) is 49.5 Å². The first-order chi connectivity index (χ1) is 14.9. The number of urea groups is 1. The molecule has 0 saturated carbocycles. The minimum Gasteiger partial charge on any atom is -0.341 e. The molecule has 0 aromatic heterocycles. The summed E-state index contributed by atoms with van der Waals surface area (Å²) < 4.78 is 0. The number of rotatable bonds is 7. The van der Waals surface area contributed by atoms with Crippen molar-refractivity contribution in [3.05, 3.63) is 29.8 Å². The van der Waals surface area contributed by atoms with Crippen molar-refractivity contribution >= 4 is 29.4 Å². The normalized spacial score (nSPS) is 19.3. The fourth-order valence-electron chi connectivity index (χ4n) is 4.32. The average Bonchev–Trinajstić information content (AvgIpc) is 2.77. The molecule has 6 nitrogen and oxygen atoms in total. The molecule has 1 aromatic carbocycles. The fourth-order valence-corrected chi connectivity index (χ4v) is 5.23. The number of piperidine rings is 1. The van der Waals surface area contributed by atoms with Crippen LogP contribution in [0, 0.1) is 11.8 Å². The van der Waals surface area contributed by atoms with E-state index in [1.807, 2.05) is 40.9 Å². The highest BCUT2D eigenvalue weighted by Crippen LogP contribution is 2.21. The van der Waals surface area contributed by atoms with E-state index in [1.165, 1.54) is 12.8 Å². The smallest absolute Gasteiger partial charge is 0.319 e. The van der Waals surface area contributed by atoms with Crippen LogP contribution in [0.4, 0.5) is 10.5 Å². The number of carbonyl (C=O) groups is 2. The van der Waals surface area contributed by atoms with Crippen LogP contribution >= 0.6 is 11.8 Å². The second kappa shape index (κ2) is 11.8. The highest BCUT2D eigenvalue weighted by atomic mass is 32.2. The van der Waals surface area contributed by atoms with Gasteiger partial charge in [0.2, 0.25) is 5.91 Å². The number of hydrogen-bond acceptors (Lipinski definition) is 4. The summed E-state index contributed by atoms with van der Waals surface area (Å²) in [6.45, 7) is 11.3. The molecule has 1 unspecified atom stereocenters. The quantitative estimate of drug-likeness (QED) is 0.671. The van der Waals surface area contributed by atoms with Crippen LogP contribution in [-0.4, -0.2) is 72.0 Å². The number of nitrogens with zero attached hydrogens (tertiary/aromatic N) is 2. The first-order valence-electron chi connectivity index (χ1n) is 11.7. The molecule has 1 atom stereocenters. The summed E-state index contributed by atoms with van der Waals surface area (Å²) in [4.78, 5) is 29.3. The van der Waals surface area contributed by atoms with E-state index in [9.17, 15) is 9.59 Å². The summed E-state index contributed by atoms with van der Waals surface area (Å²) >= 11 is 1.90. The maximum Gasteiger partial charge on any atom is 0.319 e. The number of thioether (sulfide) groups is 1. The Kier molecular flexibility index (Phi) is 9.08. The Hall–Kier alpha value is -1.73. The van der Waals surface area contributed by atoms with Crippen molar-refractivity contribution < 1.29 is 9.59 Å². The molecular formula is C24H38N4O2S. The van der Waals surface area contributed by atoms with Crippen LogP contribution in [0.2, 0.25) is 0 Å². The third kappa shape index (κ3) is 7.42. The number of hydrogen-bond donors (Lipinski definition) is 2. The van der Waals surface area contributed by atoms with Gasteiger partial charge in [-0.2, -0.15) is 11.8 Å². The maximum absolute atomic E-state index is 12.4. The Morgan fingerprint density at radius 3 is 2.32 bits per heavy atom. The second-order valence-electron chi connectivity index (χ2n) is 9.23. The van der Waals surface area contributed by atoms with Crippen molar-refractivity contribution in [1.29, 1.82) is 0 Å². The van der Waals surface area contributed by atoms with Gasteiger partial charge in [-0.15, -0.1) is 0 Å². The van der Waals surface area contributed by atoms with Gasteiger partial charge in [-0.3, -0.25) is 9.69 Å². The van der Waals surface area contributed by atoms with E-state index in [1.54, 1.807) is 0 Å². The summed E-state index contributed by atoms with van der Waals surface area (Å²) in [5, 5.41) is 5.98. The molecule has 3 rings (SSSR count). The summed E-state index contributed by atoms with van der Waals surface area (Å²) in [7, 11) is 0. The standard InChI is InChI=1S/C24H38N4O2S/c1-18(2)22(27-10-8-19(3)9-11-27)17-25-24(30)26-21-6-4-20(5-7-21)16-23(29)28-12-14-31-15-13-28/h4-7,18-19,22H,8-17H2,1-3H3,(H2,25,26,30). The van der Waals surface area contributed by atoms with Gasteiger partial charge in [-0.25, -0.2) is 4.79 Å². The van der Waals surface area contributed by atoms with Gasteiger partial charge >= 0.3 is 6.03 Å². The van der Waals surface area contributed by atoms with Crippen molar-refractivity contribution in [2.24, 2.45) is 11.8 Å². The minimum absolute atomic E-state index is 0.175. The summed E-state index contributed by atoms with van der Waals surface area (Å²) in [5.41, 5.74) is 1.73. The minimum atomic E-state index is -0.175. The largest absolute Gasteiger partial charge is 0.341 e. The van der Waals surface area contributed by atoms with E-state index in [4.69, 9.17) is 0 Å². The van der Waals surface area contributed by atoms with Crippen LogP contribution in [0.3, 0.4) is 0 Å². The SMILES string of the molecule is CC1CCN(C(CNC(=O)Nc2ccc(CC(=O)N3CCSCC3)cc2)C(C)C)CC1. The first-order valence-corrected chi connectivity index (χ1v) is 12.8. The van der Waals surface area contributed by atoms with Gasteiger partial charge in [-0.1, -0.05) is 32.9 Å². The van der Waals surface area contributed by atoms with Crippen molar-refractivity contribution in [2.45, 2.75) is 46.1 Å². The molecule has 2 aliphatic heterocycles. The Morgan fingerprint density at radius 2 is 1.71 bits per heavy atom. The first kappa shape index (κ1) is 23.9. The zero-order chi connectivity index (χ0) is 22.2. The molecule has 2 fully saturated rings. The third-order valence-electron chi connectivity index (χ3n) is 6.46. The lowest BCUT2D eigenvalue weighted by Crippen LogP contribution is -2.50. The lowest BCUT2D eigenvalue weighted by Gasteiger charge is -2.38. The molecule has 2 heterocycles. The monoisotopic (exact) mass is 446 g/mol. The molecule has 0 spiro atoms. The van der Waals surface area contributed by atoms with Gasteiger partial charge < -0.3 is 15.5 Å². The molecule has 2 aliphatic rings. The van der Waals surface area contributed by atoms with E-state index < -0.39 is 0 Å². The molecule has 7 heteroatoms. The van der Waals surface area contributed by atoms with Gasteiger partial charge in [0.15, 0.2) is 0 Å². The fraction of sp³-hybridized carbons (Fsp3) is 0.667. The van der Waals surface area contributed by atoms with Crippen LogP contribution < -0.4 is 10.6 Å². The van der Waals surface area contributed by atoms with Crippen molar-refractivity contribution in [3.63, 3.8) is 0 Å². The Morgan fingerprint density at radius 1 is 1.06 bits per heavy atom. The van der Waals surface area contributed by atoms with Crippen molar-refractivity contribution in [1.82, 2.24) is 15.1 Å². The number of anilines is 1. The molecule has 0 bridgehead atoms. The van der Waals surface area contributed by atoms with E-state index in [-0.39, 0.29) is 11.9 Å². The molecule has 0 radical (unpaired) electrons. The topological polar surface area (TPSA) is 64.7 Å². The van der Waals surface area contributed by atoms with E-state index in [0.717, 1.165) is 54.9 Å². The van der Waals surface area contributed by atoms with E-state index in [0.29, 0.717) is 24.9 Å².